The number of pyridine rings is 2. The summed E-state index contributed by atoms with van der Waals surface area (Å²) in [7, 11) is 3.11. The van der Waals surface area contributed by atoms with Gasteiger partial charge in [-0.05, 0) is 69.2 Å². The summed E-state index contributed by atoms with van der Waals surface area (Å²) in [5, 5.41) is 13.4. The molecular formula is C34H35F2N5O4. The molecule has 2 unspecified atom stereocenters. The Bertz CT molecular complexity index is 1700. The van der Waals surface area contributed by atoms with Gasteiger partial charge in [0.15, 0.2) is 0 Å². The Morgan fingerprint density at radius 3 is 2.36 bits per heavy atom. The number of aromatic nitrogens is 2. The van der Waals surface area contributed by atoms with Gasteiger partial charge in [-0.3, -0.25) is 4.79 Å². The van der Waals surface area contributed by atoms with Crippen molar-refractivity contribution < 1.29 is 28.2 Å². The van der Waals surface area contributed by atoms with Crippen molar-refractivity contribution in [3.05, 3.63) is 89.2 Å². The van der Waals surface area contributed by atoms with E-state index in [1.807, 2.05) is 12.1 Å². The fourth-order valence-corrected chi connectivity index (χ4v) is 6.45. The largest absolute Gasteiger partial charge is 0.497 e. The molecule has 1 fully saturated rings. The number of nitrogens with one attached hydrogen (secondary N) is 1. The van der Waals surface area contributed by atoms with E-state index in [1.54, 1.807) is 43.5 Å². The predicted molar refractivity (Wildman–Crippen MR) is 167 cm³/mol. The monoisotopic (exact) mass is 615 g/mol. The first kappa shape index (κ1) is 30.3. The molecule has 2 N–H and O–H groups in total. The Labute approximate surface area is 260 Å². The van der Waals surface area contributed by atoms with Gasteiger partial charge in [0.25, 0.3) is 5.91 Å². The Morgan fingerprint density at radius 1 is 0.978 bits per heavy atom. The average molecular weight is 616 g/mol. The first-order valence-electron chi connectivity index (χ1n) is 14.8. The first-order chi connectivity index (χ1) is 21.7. The molecule has 2 aromatic carbocycles. The number of ether oxygens (including phenoxy) is 2. The van der Waals surface area contributed by atoms with E-state index in [1.165, 1.54) is 24.3 Å². The highest BCUT2D eigenvalue weighted by Gasteiger charge is 2.34. The molecule has 2 atom stereocenters. The minimum atomic E-state index is -0.755. The van der Waals surface area contributed by atoms with Gasteiger partial charge in [0, 0.05) is 23.7 Å². The van der Waals surface area contributed by atoms with Gasteiger partial charge in [-0.15, -0.1) is 0 Å². The van der Waals surface area contributed by atoms with Gasteiger partial charge in [-0.25, -0.2) is 18.7 Å². The third-order valence-electron chi connectivity index (χ3n) is 8.50. The average Bonchev–Trinajstić information content (AvgIpc) is 3.32. The Morgan fingerprint density at radius 2 is 1.71 bits per heavy atom. The quantitative estimate of drug-likeness (QED) is 0.246. The molecule has 9 nitrogen and oxygen atoms in total. The van der Waals surface area contributed by atoms with Gasteiger partial charge in [0.1, 0.15) is 29.0 Å². The topological polar surface area (TPSA) is 100 Å². The van der Waals surface area contributed by atoms with Crippen LogP contribution in [0.4, 0.5) is 26.0 Å². The van der Waals surface area contributed by atoms with Crippen molar-refractivity contribution in [2.24, 2.45) is 0 Å². The lowest BCUT2D eigenvalue weighted by Gasteiger charge is -2.42. The Balaban J connectivity index is 1.35. The maximum Gasteiger partial charge on any atom is 0.258 e. The molecule has 4 aromatic rings. The number of hydrogen-bond donors (Lipinski definition) is 2. The van der Waals surface area contributed by atoms with E-state index >= 15 is 0 Å². The molecule has 234 valence electrons. The van der Waals surface area contributed by atoms with Gasteiger partial charge in [0.05, 0.1) is 73.5 Å². The van der Waals surface area contributed by atoms with Gasteiger partial charge >= 0.3 is 0 Å². The zero-order valence-electron chi connectivity index (χ0n) is 25.6. The van der Waals surface area contributed by atoms with Gasteiger partial charge < -0.3 is 29.7 Å². The van der Waals surface area contributed by atoms with Crippen LogP contribution in [0.3, 0.4) is 0 Å². The number of aliphatic hydroxyl groups excluding tert-OH is 1. The highest BCUT2D eigenvalue weighted by molar-refractivity contribution is 6.04. The Hall–Kier alpha value is -4.77. The second-order valence-corrected chi connectivity index (χ2v) is 11.6. The van der Waals surface area contributed by atoms with E-state index in [-0.39, 0.29) is 48.4 Å². The molecule has 11 heteroatoms. The van der Waals surface area contributed by atoms with Crippen LogP contribution in [0.5, 0.6) is 11.5 Å². The van der Waals surface area contributed by atoms with Crippen molar-refractivity contribution in [1.29, 1.82) is 0 Å². The number of hydrogen-bond acceptors (Lipinski definition) is 8. The van der Waals surface area contributed by atoms with Gasteiger partial charge in [-0.2, -0.15) is 0 Å². The minimum absolute atomic E-state index is 0.0645. The third-order valence-corrected chi connectivity index (χ3v) is 8.50. The molecule has 2 aliphatic heterocycles. The molecule has 4 heterocycles. The minimum Gasteiger partial charge on any atom is -0.497 e. The van der Waals surface area contributed by atoms with Crippen molar-refractivity contribution in [3.63, 3.8) is 0 Å². The zero-order valence-corrected chi connectivity index (χ0v) is 25.6. The second kappa shape index (κ2) is 12.3. The van der Waals surface area contributed by atoms with Crippen LogP contribution in [0, 0.1) is 11.6 Å². The van der Waals surface area contributed by atoms with Crippen molar-refractivity contribution >= 4 is 23.1 Å². The number of amides is 1. The SMILES string of the molecule is COc1ccc(CN2Cc3nc(-c4c(F)cccc4F)cc(Nc4ccc(N5C(C)CC(O)CC5C)cn4)c3C2=O)c(OC)c1. The van der Waals surface area contributed by atoms with E-state index in [2.05, 4.69) is 34.0 Å². The lowest BCUT2D eigenvalue weighted by molar-refractivity contribution is 0.0766. The standard InChI is InChI=1S/C34H35F2N5O4/c1-19-12-23(42)13-20(2)41(19)22-9-11-31(37-16-22)39-28-15-27(32-25(35)6-5-7-26(32)36)38-29-18-40(34(43)33(28)29)17-21-8-10-24(44-3)14-30(21)45-4/h5-11,14-16,19-20,23,42H,12-13,17-18H2,1-4H3,(H,37,38,39). The summed E-state index contributed by atoms with van der Waals surface area (Å²) >= 11 is 0. The predicted octanol–water partition coefficient (Wildman–Crippen LogP) is 6.08. The number of fused-ring (bicyclic) bond motifs is 1. The molecule has 0 radical (unpaired) electrons. The normalized spacial score (nSPS) is 19.4. The number of aliphatic hydroxyl groups is 1. The first-order valence-corrected chi connectivity index (χ1v) is 14.8. The number of rotatable bonds is 8. The lowest BCUT2D eigenvalue weighted by Crippen LogP contribution is -2.48. The summed E-state index contributed by atoms with van der Waals surface area (Å²) in [6, 6.07) is 14.5. The molecule has 2 aliphatic rings. The van der Waals surface area contributed by atoms with E-state index < -0.39 is 11.6 Å². The molecule has 1 saturated heterocycles. The summed E-state index contributed by atoms with van der Waals surface area (Å²) in [5.74, 6) is -0.159. The summed E-state index contributed by atoms with van der Waals surface area (Å²) in [6.07, 6.45) is 2.76. The number of piperidine rings is 1. The molecular weight excluding hydrogens is 580 g/mol. The molecule has 2 aromatic heterocycles. The van der Waals surface area contributed by atoms with Crippen LogP contribution in [0.2, 0.25) is 0 Å². The number of nitrogens with zero attached hydrogens (tertiary/aromatic N) is 4. The van der Waals surface area contributed by atoms with E-state index in [9.17, 15) is 18.7 Å². The number of anilines is 3. The Kier molecular flexibility index (Phi) is 8.28. The van der Waals surface area contributed by atoms with Gasteiger partial charge in [-0.1, -0.05) is 6.07 Å². The van der Waals surface area contributed by atoms with Crippen LogP contribution >= 0.6 is 0 Å². The molecule has 45 heavy (non-hydrogen) atoms. The summed E-state index contributed by atoms with van der Waals surface area (Å²) in [6.45, 7) is 4.51. The molecule has 1 amide bonds. The van der Waals surface area contributed by atoms with E-state index in [0.29, 0.717) is 47.1 Å². The molecule has 0 saturated carbocycles. The number of methoxy groups -OCH3 is 2. The fourth-order valence-electron chi connectivity index (χ4n) is 6.45. The van der Waals surface area contributed by atoms with Crippen molar-refractivity contribution in [2.75, 3.05) is 24.4 Å². The highest BCUT2D eigenvalue weighted by Crippen LogP contribution is 2.37. The highest BCUT2D eigenvalue weighted by atomic mass is 19.1. The summed E-state index contributed by atoms with van der Waals surface area (Å²) in [4.78, 5) is 26.9. The molecule has 6 rings (SSSR count). The lowest BCUT2D eigenvalue weighted by atomic mass is 9.94. The molecule has 0 aliphatic carbocycles. The summed E-state index contributed by atoms with van der Waals surface area (Å²) in [5.41, 5.74) is 2.51. The molecule has 0 bridgehead atoms. The van der Waals surface area contributed by atoms with Crippen molar-refractivity contribution in [3.8, 4) is 22.8 Å². The van der Waals surface area contributed by atoms with Crippen molar-refractivity contribution in [1.82, 2.24) is 14.9 Å². The fraction of sp³-hybridized carbons (Fsp3) is 0.324. The van der Waals surface area contributed by atoms with Crippen LogP contribution in [-0.2, 0) is 13.1 Å². The van der Waals surface area contributed by atoms with Crippen LogP contribution in [0.1, 0.15) is 48.3 Å². The van der Waals surface area contributed by atoms with Crippen LogP contribution in [-0.4, -0.2) is 58.3 Å². The maximum atomic E-state index is 14.9. The smallest absolute Gasteiger partial charge is 0.258 e. The number of halogens is 2. The van der Waals surface area contributed by atoms with Crippen molar-refractivity contribution in [2.45, 2.75) is 58.0 Å². The second-order valence-electron chi connectivity index (χ2n) is 11.6. The summed E-state index contributed by atoms with van der Waals surface area (Å²) < 4.78 is 40.6. The number of benzene rings is 2. The number of carbonyl (C=O) groups is 1. The van der Waals surface area contributed by atoms with Gasteiger partial charge in [0.2, 0.25) is 0 Å². The number of carbonyl (C=O) groups excluding carboxylic acids is 1. The third kappa shape index (κ3) is 5.87. The molecule has 0 spiro atoms. The van der Waals surface area contributed by atoms with Crippen LogP contribution in [0.15, 0.2) is 60.8 Å². The van der Waals surface area contributed by atoms with E-state index in [4.69, 9.17) is 9.47 Å². The van der Waals surface area contributed by atoms with Crippen LogP contribution in [0.25, 0.3) is 11.3 Å². The van der Waals surface area contributed by atoms with Crippen LogP contribution < -0.4 is 19.7 Å². The van der Waals surface area contributed by atoms with E-state index in [0.717, 1.165) is 11.3 Å². The zero-order chi connectivity index (χ0) is 31.8. The maximum absolute atomic E-state index is 14.9.